The summed E-state index contributed by atoms with van der Waals surface area (Å²) >= 11 is 0. The van der Waals surface area contributed by atoms with Crippen molar-refractivity contribution in [2.24, 2.45) is 0 Å². The number of amides is 2. The van der Waals surface area contributed by atoms with Crippen molar-refractivity contribution in [1.82, 2.24) is 15.5 Å². The van der Waals surface area contributed by atoms with Gasteiger partial charge in [-0.05, 0) is 24.3 Å². The zero-order valence-corrected chi connectivity index (χ0v) is 10.6. The number of halogens is 3. The average Bonchev–Trinajstić information content (AvgIpc) is 2.91. The number of carbonyl (C=O) groups is 1. The summed E-state index contributed by atoms with van der Waals surface area (Å²) in [6.07, 6.45) is -2.79. The molecule has 9 heteroatoms. The summed E-state index contributed by atoms with van der Waals surface area (Å²) in [4.78, 5) is 15.3. The Hall–Kier alpha value is -2.58. The van der Waals surface area contributed by atoms with Gasteiger partial charge in [-0.3, -0.25) is 0 Å². The average molecular weight is 300 g/mol. The summed E-state index contributed by atoms with van der Waals surface area (Å²) in [5.74, 6) is 0.379. The van der Waals surface area contributed by atoms with E-state index in [0.29, 0.717) is 12.3 Å². The van der Waals surface area contributed by atoms with Crippen molar-refractivity contribution in [1.29, 1.82) is 0 Å². The summed E-state index contributed by atoms with van der Waals surface area (Å²) in [5, 5.41) is 8.34. The minimum absolute atomic E-state index is 0.259. The summed E-state index contributed by atoms with van der Waals surface area (Å²) in [6, 6.07) is 3.62. The number of hydrogen-bond donors (Lipinski definition) is 2. The molecule has 0 radical (unpaired) electrons. The molecule has 0 spiro atoms. The number of anilines is 1. The molecule has 0 saturated carbocycles. The minimum Gasteiger partial charge on any atom is -0.340 e. The fraction of sp³-hybridized carbons (Fsp3) is 0.250. The van der Waals surface area contributed by atoms with Crippen molar-refractivity contribution >= 4 is 11.7 Å². The third kappa shape index (κ3) is 4.48. The van der Waals surface area contributed by atoms with Crippen LogP contribution < -0.4 is 10.6 Å². The molecule has 2 aromatic rings. The number of urea groups is 1. The first-order chi connectivity index (χ1) is 9.95. The molecule has 0 aliphatic carbocycles. The van der Waals surface area contributed by atoms with Gasteiger partial charge in [0.25, 0.3) is 0 Å². The van der Waals surface area contributed by atoms with Gasteiger partial charge in [-0.2, -0.15) is 18.2 Å². The predicted octanol–water partition coefficient (Wildman–Crippen LogP) is 2.45. The van der Waals surface area contributed by atoms with E-state index < -0.39 is 17.8 Å². The van der Waals surface area contributed by atoms with Crippen LogP contribution in [0.1, 0.15) is 11.5 Å². The van der Waals surface area contributed by atoms with Gasteiger partial charge in [-0.25, -0.2) is 4.79 Å². The van der Waals surface area contributed by atoms with Crippen LogP contribution in [0.5, 0.6) is 0 Å². The molecule has 21 heavy (non-hydrogen) atoms. The Bertz CT molecular complexity index is 582. The molecule has 1 aromatic heterocycles. The highest BCUT2D eigenvalue weighted by molar-refractivity contribution is 5.89. The van der Waals surface area contributed by atoms with Crippen LogP contribution in [0.25, 0.3) is 0 Å². The smallest absolute Gasteiger partial charge is 0.340 e. The molecule has 2 rings (SSSR count). The standard InChI is InChI=1S/C12H11F3N4O2/c13-12(14,15)8-1-3-9(4-2-8)19-11(20)16-6-5-10-17-7-18-21-10/h1-4,7H,5-6H2,(H2,16,19,20). The molecule has 112 valence electrons. The van der Waals surface area contributed by atoms with E-state index in [1.54, 1.807) is 0 Å². The number of nitrogens with zero attached hydrogens (tertiary/aromatic N) is 2. The highest BCUT2D eigenvalue weighted by Crippen LogP contribution is 2.29. The molecule has 0 aliphatic rings. The zero-order valence-electron chi connectivity index (χ0n) is 10.6. The second-order valence-corrected chi connectivity index (χ2v) is 4.04. The lowest BCUT2D eigenvalue weighted by Gasteiger charge is -2.09. The number of alkyl halides is 3. The van der Waals surface area contributed by atoms with Crippen LogP contribution in [0.4, 0.5) is 23.7 Å². The molecule has 0 atom stereocenters. The number of nitrogens with one attached hydrogen (secondary N) is 2. The van der Waals surface area contributed by atoms with Crippen molar-refractivity contribution < 1.29 is 22.5 Å². The van der Waals surface area contributed by atoms with E-state index in [1.165, 1.54) is 18.5 Å². The second kappa shape index (κ2) is 6.25. The molecule has 1 heterocycles. The second-order valence-electron chi connectivity index (χ2n) is 4.04. The first kappa shape index (κ1) is 14.8. The van der Waals surface area contributed by atoms with Gasteiger partial charge < -0.3 is 15.2 Å². The van der Waals surface area contributed by atoms with Gasteiger partial charge in [0.05, 0.1) is 5.56 Å². The van der Waals surface area contributed by atoms with Crippen LogP contribution in [0.15, 0.2) is 35.1 Å². The van der Waals surface area contributed by atoms with Crippen molar-refractivity contribution in [3.05, 3.63) is 42.0 Å². The van der Waals surface area contributed by atoms with Gasteiger partial charge in [0.1, 0.15) is 0 Å². The monoisotopic (exact) mass is 300 g/mol. The Labute approximate surface area is 117 Å². The Morgan fingerprint density at radius 2 is 1.95 bits per heavy atom. The summed E-state index contributed by atoms with van der Waals surface area (Å²) < 4.78 is 41.8. The van der Waals surface area contributed by atoms with E-state index in [4.69, 9.17) is 4.52 Å². The predicted molar refractivity (Wildman–Crippen MR) is 66.5 cm³/mol. The molecule has 0 fully saturated rings. The highest BCUT2D eigenvalue weighted by Gasteiger charge is 2.29. The molecule has 0 bridgehead atoms. The molecular weight excluding hydrogens is 289 g/mol. The maximum absolute atomic E-state index is 12.4. The van der Waals surface area contributed by atoms with Crippen molar-refractivity contribution in [2.45, 2.75) is 12.6 Å². The van der Waals surface area contributed by atoms with Crippen LogP contribution in [-0.4, -0.2) is 22.7 Å². The van der Waals surface area contributed by atoms with E-state index in [0.717, 1.165) is 12.1 Å². The number of rotatable bonds is 4. The Kier molecular flexibility index (Phi) is 4.41. The van der Waals surface area contributed by atoms with E-state index in [1.807, 2.05) is 0 Å². The fourth-order valence-corrected chi connectivity index (χ4v) is 1.51. The first-order valence-electron chi connectivity index (χ1n) is 5.93. The third-order valence-corrected chi connectivity index (χ3v) is 2.50. The van der Waals surface area contributed by atoms with Crippen LogP contribution in [0, 0.1) is 0 Å². The van der Waals surface area contributed by atoms with Gasteiger partial charge in [0.2, 0.25) is 5.89 Å². The summed E-state index contributed by atoms with van der Waals surface area (Å²) in [5.41, 5.74) is -0.511. The maximum atomic E-state index is 12.4. The van der Waals surface area contributed by atoms with Crippen molar-refractivity contribution in [2.75, 3.05) is 11.9 Å². The lowest BCUT2D eigenvalue weighted by Crippen LogP contribution is -2.30. The normalized spacial score (nSPS) is 11.2. The van der Waals surface area contributed by atoms with Crippen LogP contribution in [0.3, 0.4) is 0 Å². The van der Waals surface area contributed by atoms with E-state index >= 15 is 0 Å². The maximum Gasteiger partial charge on any atom is 0.416 e. The molecule has 0 saturated heterocycles. The highest BCUT2D eigenvalue weighted by atomic mass is 19.4. The lowest BCUT2D eigenvalue weighted by atomic mass is 10.2. The molecule has 6 nitrogen and oxygen atoms in total. The van der Waals surface area contributed by atoms with Crippen LogP contribution in [-0.2, 0) is 12.6 Å². The summed E-state index contributed by atoms with van der Waals surface area (Å²) in [7, 11) is 0. The molecular formula is C12H11F3N4O2. The molecule has 0 unspecified atom stereocenters. The topological polar surface area (TPSA) is 80.1 Å². The largest absolute Gasteiger partial charge is 0.416 e. The summed E-state index contributed by atoms with van der Waals surface area (Å²) in [6.45, 7) is 0.259. The quantitative estimate of drug-likeness (QED) is 0.909. The van der Waals surface area contributed by atoms with Gasteiger partial charge in [-0.1, -0.05) is 5.16 Å². The SMILES string of the molecule is O=C(NCCc1ncno1)Nc1ccc(C(F)(F)F)cc1. The van der Waals surface area contributed by atoms with Gasteiger partial charge in [-0.15, -0.1) is 0 Å². The molecule has 2 amide bonds. The molecule has 2 N–H and O–H groups in total. The fourth-order valence-electron chi connectivity index (χ4n) is 1.51. The number of carbonyl (C=O) groups excluding carboxylic acids is 1. The van der Waals surface area contributed by atoms with Crippen molar-refractivity contribution in [3.63, 3.8) is 0 Å². The van der Waals surface area contributed by atoms with Crippen molar-refractivity contribution in [3.8, 4) is 0 Å². The number of aromatic nitrogens is 2. The van der Waals surface area contributed by atoms with Gasteiger partial charge in [0, 0.05) is 18.7 Å². The minimum atomic E-state index is -4.40. The molecule has 1 aromatic carbocycles. The molecule has 0 aliphatic heterocycles. The van der Waals surface area contributed by atoms with E-state index in [2.05, 4.69) is 20.8 Å². The van der Waals surface area contributed by atoms with E-state index in [9.17, 15) is 18.0 Å². The van der Waals surface area contributed by atoms with Gasteiger partial charge >= 0.3 is 12.2 Å². The first-order valence-corrected chi connectivity index (χ1v) is 5.93. The van der Waals surface area contributed by atoms with Crippen LogP contribution in [0.2, 0.25) is 0 Å². The zero-order chi connectivity index (χ0) is 15.3. The van der Waals surface area contributed by atoms with E-state index in [-0.39, 0.29) is 12.2 Å². The lowest BCUT2D eigenvalue weighted by molar-refractivity contribution is -0.137. The number of hydrogen-bond acceptors (Lipinski definition) is 4. The third-order valence-electron chi connectivity index (χ3n) is 2.50. The van der Waals surface area contributed by atoms with Gasteiger partial charge in [0.15, 0.2) is 6.33 Å². The Balaban J connectivity index is 1.79. The number of benzene rings is 1. The Morgan fingerprint density at radius 1 is 1.24 bits per heavy atom. The van der Waals surface area contributed by atoms with Crippen LogP contribution >= 0.6 is 0 Å². The Morgan fingerprint density at radius 3 is 2.52 bits per heavy atom.